The number of likely N-dealkylation sites (N-methyl/N-ethyl adjacent to an activating group) is 1. The molecule has 0 fully saturated rings. The van der Waals surface area contributed by atoms with E-state index in [1.165, 1.54) is 22.4 Å². The van der Waals surface area contributed by atoms with Crippen LogP contribution < -0.4 is 19.7 Å². The van der Waals surface area contributed by atoms with Crippen molar-refractivity contribution in [2.24, 2.45) is 0 Å². The summed E-state index contributed by atoms with van der Waals surface area (Å²) in [5.41, 5.74) is 5.08. The minimum absolute atomic E-state index is 0.173. The van der Waals surface area contributed by atoms with Gasteiger partial charge in [0.1, 0.15) is 6.61 Å². The van der Waals surface area contributed by atoms with Crippen LogP contribution in [0, 0.1) is 0 Å². The van der Waals surface area contributed by atoms with Crippen molar-refractivity contribution in [3.8, 4) is 11.5 Å². The van der Waals surface area contributed by atoms with Crippen molar-refractivity contribution in [3.63, 3.8) is 0 Å². The van der Waals surface area contributed by atoms with E-state index in [0.717, 1.165) is 31.0 Å². The van der Waals surface area contributed by atoms with Gasteiger partial charge in [-0.2, -0.15) is 0 Å². The van der Waals surface area contributed by atoms with Gasteiger partial charge < -0.3 is 24.6 Å². The first-order valence-corrected chi connectivity index (χ1v) is 9.48. The van der Waals surface area contributed by atoms with Crippen LogP contribution in [0.5, 0.6) is 11.5 Å². The topological polar surface area (TPSA) is 37.0 Å². The van der Waals surface area contributed by atoms with Crippen LogP contribution in [0.15, 0.2) is 36.4 Å². The number of nitrogens with one attached hydrogen (secondary N) is 1. The lowest BCUT2D eigenvalue weighted by Crippen LogP contribution is -2.30. The Morgan fingerprint density at radius 3 is 2.41 bits per heavy atom. The Balaban J connectivity index is 1.90. The van der Waals surface area contributed by atoms with E-state index in [1.807, 2.05) is 14.1 Å². The summed E-state index contributed by atoms with van der Waals surface area (Å²) in [5.74, 6) is 1.63. The average Bonchev–Trinajstić information content (AvgIpc) is 2.66. The fourth-order valence-electron chi connectivity index (χ4n) is 3.44. The summed E-state index contributed by atoms with van der Waals surface area (Å²) < 4.78 is 11.6. The molecule has 0 saturated carbocycles. The van der Waals surface area contributed by atoms with E-state index in [-0.39, 0.29) is 6.04 Å². The Morgan fingerprint density at radius 1 is 1.04 bits per heavy atom. The van der Waals surface area contributed by atoms with Crippen LogP contribution in [0.1, 0.15) is 22.7 Å². The Kier molecular flexibility index (Phi) is 6.24. The van der Waals surface area contributed by atoms with Gasteiger partial charge in [0.25, 0.3) is 0 Å². The third-order valence-corrected chi connectivity index (χ3v) is 5.02. The Morgan fingerprint density at radius 2 is 1.78 bits per heavy atom. The van der Waals surface area contributed by atoms with E-state index in [9.17, 15) is 0 Å². The zero-order chi connectivity index (χ0) is 19.4. The van der Waals surface area contributed by atoms with Gasteiger partial charge in [0.15, 0.2) is 11.5 Å². The molecule has 3 rings (SSSR count). The summed E-state index contributed by atoms with van der Waals surface area (Å²) in [7, 11) is 9.92. The number of ether oxygens (including phenoxy) is 2. The van der Waals surface area contributed by atoms with Gasteiger partial charge in [-0.1, -0.05) is 12.1 Å². The molecule has 0 spiro atoms. The molecule has 0 bridgehead atoms. The van der Waals surface area contributed by atoms with Crippen molar-refractivity contribution in [2.45, 2.75) is 12.5 Å². The number of rotatable bonds is 7. The van der Waals surface area contributed by atoms with Crippen LogP contribution in [-0.2, 0) is 6.42 Å². The predicted molar refractivity (Wildman–Crippen MR) is 111 cm³/mol. The number of nitrogens with zero attached hydrogens (tertiary/aromatic N) is 2. The first-order valence-electron chi connectivity index (χ1n) is 9.48. The molecule has 2 aromatic carbocycles. The van der Waals surface area contributed by atoms with Crippen molar-refractivity contribution in [2.75, 3.05) is 59.9 Å². The van der Waals surface area contributed by atoms with Gasteiger partial charge in [-0.05, 0) is 61.5 Å². The first-order chi connectivity index (χ1) is 13.0. The van der Waals surface area contributed by atoms with Gasteiger partial charge in [0.2, 0.25) is 0 Å². The Labute approximate surface area is 162 Å². The van der Waals surface area contributed by atoms with Crippen LogP contribution in [0.25, 0.3) is 0 Å². The van der Waals surface area contributed by atoms with Crippen LogP contribution in [0.2, 0.25) is 0 Å². The molecule has 146 valence electrons. The average molecular weight is 370 g/mol. The molecule has 2 aromatic rings. The van der Waals surface area contributed by atoms with E-state index >= 15 is 0 Å². The molecule has 1 aliphatic rings. The molecule has 0 aliphatic carbocycles. The van der Waals surface area contributed by atoms with E-state index < -0.39 is 0 Å². The highest BCUT2D eigenvalue weighted by Gasteiger charge is 2.24. The van der Waals surface area contributed by atoms with Gasteiger partial charge in [0, 0.05) is 32.9 Å². The van der Waals surface area contributed by atoms with Gasteiger partial charge >= 0.3 is 0 Å². The van der Waals surface area contributed by atoms with Crippen molar-refractivity contribution in [1.82, 2.24) is 10.2 Å². The summed E-state index contributed by atoms with van der Waals surface area (Å²) in [6.45, 7) is 2.46. The van der Waals surface area contributed by atoms with Crippen molar-refractivity contribution >= 4 is 5.69 Å². The molecule has 1 N–H and O–H groups in total. The van der Waals surface area contributed by atoms with Crippen LogP contribution in [-0.4, -0.2) is 59.9 Å². The zero-order valence-electron chi connectivity index (χ0n) is 17.1. The lowest BCUT2D eigenvalue weighted by atomic mass is 9.89. The molecule has 0 aromatic heterocycles. The molecule has 5 heteroatoms. The molecule has 1 unspecified atom stereocenters. The van der Waals surface area contributed by atoms with Gasteiger partial charge in [-0.25, -0.2) is 0 Å². The highest BCUT2D eigenvalue weighted by atomic mass is 16.5. The van der Waals surface area contributed by atoms with Gasteiger partial charge in [-0.15, -0.1) is 0 Å². The summed E-state index contributed by atoms with van der Waals surface area (Å²) >= 11 is 0. The van der Waals surface area contributed by atoms with Crippen LogP contribution in [0.4, 0.5) is 5.69 Å². The summed E-state index contributed by atoms with van der Waals surface area (Å²) in [6, 6.07) is 13.2. The molecule has 1 aliphatic heterocycles. The molecular formula is C22H31N3O2. The largest absolute Gasteiger partial charge is 0.493 e. The summed E-state index contributed by atoms with van der Waals surface area (Å²) in [6.07, 6.45) is 0.996. The van der Waals surface area contributed by atoms with E-state index in [1.54, 1.807) is 7.11 Å². The number of anilines is 1. The van der Waals surface area contributed by atoms with E-state index in [0.29, 0.717) is 6.61 Å². The van der Waals surface area contributed by atoms with E-state index in [4.69, 9.17) is 9.47 Å². The molecule has 1 heterocycles. The molecule has 0 amide bonds. The van der Waals surface area contributed by atoms with Crippen molar-refractivity contribution in [3.05, 3.63) is 53.1 Å². The van der Waals surface area contributed by atoms with Crippen LogP contribution in [0.3, 0.4) is 0 Å². The fourth-order valence-corrected chi connectivity index (χ4v) is 3.44. The quantitative estimate of drug-likeness (QED) is 0.812. The highest BCUT2D eigenvalue weighted by Crippen LogP contribution is 2.37. The highest BCUT2D eigenvalue weighted by molar-refractivity contribution is 5.53. The molecular weight excluding hydrogens is 338 g/mol. The fraction of sp³-hybridized carbons (Fsp3) is 0.455. The maximum Gasteiger partial charge on any atom is 0.161 e. The van der Waals surface area contributed by atoms with Gasteiger partial charge in [-0.3, -0.25) is 0 Å². The van der Waals surface area contributed by atoms with Crippen LogP contribution >= 0.6 is 0 Å². The zero-order valence-corrected chi connectivity index (χ0v) is 17.1. The summed E-state index contributed by atoms with van der Waals surface area (Å²) in [5, 5.41) is 3.66. The second-order valence-corrected chi connectivity index (χ2v) is 7.48. The third kappa shape index (κ3) is 4.54. The Hall–Kier alpha value is -2.24. The van der Waals surface area contributed by atoms with Crippen molar-refractivity contribution < 1.29 is 9.47 Å². The Bertz CT molecular complexity index is 757. The SMILES string of the molecule is COc1cc2c(cc1OCCN(C)C)C(c1ccc(N(C)C)cc1)NCC2. The molecule has 0 saturated heterocycles. The number of hydrogen-bond acceptors (Lipinski definition) is 5. The number of fused-ring (bicyclic) bond motifs is 1. The number of methoxy groups -OCH3 is 1. The lowest BCUT2D eigenvalue weighted by Gasteiger charge is -2.29. The minimum atomic E-state index is 0.173. The minimum Gasteiger partial charge on any atom is -0.493 e. The number of benzene rings is 2. The third-order valence-electron chi connectivity index (χ3n) is 5.02. The maximum atomic E-state index is 6.04. The molecule has 0 radical (unpaired) electrons. The lowest BCUT2D eigenvalue weighted by molar-refractivity contribution is 0.250. The molecule has 5 nitrogen and oxygen atoms in total. The second-order valence-electron chi connectivity index (χ2n) is 7.48. The normalized spacial score (nSPS) is 16.1. The smallest absolute Gasteiger partial charge is 0.161 e. The predicted octanol–water partition coefficient (Wildman–Crippen LogP) is 2.94. The van der Waals surface area contributed by atoms with Crippen molar-refractivity contribution in [1.29, 1.82) is 0 Å². The monoisotopic (exact) mass is 369 g/mol. The molecule has 1 atom stereocenters. The van der Waals surface area contributed by atoms with Gasteiger partial charge in [0.05, 0.1) is 13.2 Å². The second kappa shape index (κ2) is 8.63. The number of hydrogen-bond donors (Lipinski definition) is 1. The molecule has 27 heavy (non-hydrogen) atoms. The first kappa shape index (κ1) is 19.5. The summed E-state index contributed by atoms with van der Waals surface area (Å²) in [4.78, 5) is 4.23. The van der Waals surface area contributed by atoms with E-state index in [2.05, 4.69) is 65.6 Å². The maximum absolute atomic E-state index is 6.04. The standard InChI is InChI=1S/C22H31N3O2/c1-24(2)12-13-27-21-15-19-17(14-20(21)26-5)10-11-23-22(19)16-6-8-18(9-7-16)25(3)4/h6-9,14-15,22-23H,10-13H2,1-5H3.